The summed E-state index contributed by atoms with van der Waals surface area (Å²) >= 11 is 0. The maximum absolute atomic E-state index is 5.48. The van der Waals surface area contributed by atoms with Crippen LogP contribution in [0.1, 0.15) is 32.3 Å². The zero-order valence-electron chi connectivity index (χ0n) is 10.4. The molecule has 0 amide bonds. The van der Waals surface area contributed by atoms with E-state index in [4.69, 9.17) is 4.74 Å². The highest BCUT2D eigenvalue weighted by molar-refractivity contribution is 5.54. The van der Waals surface area contributed by atoms with Crippen LogP contribution in [-0.2, 0) is 0 Å². The van der Waals surface area contributed by atoms with E-state index >= 15 is 0 Å². The predicted octanol–water partition coefficient (Wildman–Crippen LogP) is 3.60. The first-order chi connectivity index (χ1) is 7.70. The zero-order valence-corrected chi connectivity index (χ0v) is 10.4. The summed E-state index contributed by atoms with van der Waals surface area (Å²) < 4.78 is 5.48. The SMILES string of the molecule is CCOc1ccc(NC(C)C2CC2)c(C)c1. The average molecular weight is 219 g/mol. The number of aryl methyl sites for hydroxylation is 1. The monoisotopic (exact) mass is 219 g/mol. The van der Waals surface area contributed by atoms with Crippen molar-refractivity contribution >= 4 is 5.69 Å². The third-order valence-electron chi connectivity index (χ3n) is 3.22. The fourth-order valence-electron chi connectivity index (χ4n) is 2.01. The minimum Gasteiger partial charge on any atom is -0.494 e. The lowest BCUT2D eigenvalue weighted by Crippen LogP contribution is -2.17. The smallest absolute Gasteiger partial charge is 0.119 e. The molecule has 0 spiro atoms. The minimum absolute atomic E-state index is 0.594. The van der Waals surface area contributed by atoms with Gasteiger partial charge >= 0.3 is 0 Å². The van der Waals surface area contributed by atoms with Crippen LogP contribution >= 0.6 is 0 Å². The van der Waals surface area contributed by atoms with Crippen molar-refractivity contribution in [3.63, 3.8) is 0 Å². The van der Waals surface area contributed by atoms with Gasteiger partial charge in [-0.1, -0.05) is 0 Å². The summed E-state index contributed by atoms with van der Waals surface area (Å²) in [5.74, 6) is 1.84. The molecule has 16 heavy (non-hydrogen) atoms. The van der Waals surface area contributed by atoms with E-state index in [-0.39, 0.29) is 0 Å². The van der Waals surface area contributed by atoms with Crippen molar-refractivity contribution in [1.82, 2.24) is 0 Å². The fraction of sp³-hybridized carbons (Fsp3) is 0.571. The second-order valence-electron chi connectivity index (χ2n) is 4.68. The van der Waals surface area contributed by atoms with Gasteiger partial charge in [0, 0.05) is 11.7 Å². The third kappa shape index (κ3) is 2.69. The van der Waals surface area contributed by atoms with Crippen molar-refractivity contribution in [1.29, 1.82) is 0 Å². The highest BCUT2D eigenvalue weighted by Crippen LogP contribution is 2.34. The van der Waals surface area contributed by atoms with Crippen LogP contribution < -0.4 is 10.1 Å². The summed E-state index contributed by atoms with van der Waals surface area (Å²) in [7, 11) is 0. The Kier molecular flexibility index (Phi) is 3.37. The second-order valence-corrected chi connectivity index (χ2v) is 4.68. The van der Waals surface area contributed by atoms with Gasteiger partial charge in [-0.2, -0.15) is 0 Å². The molecule has 1 aliphatic rings. The van der Waals surface area contributed by atoms with E-state index in [0.29, 0.717) is 6.04 Å². The Hall–Kier alpha value is -1.18. The maximum Gasteiger partial charge on any atom is 0.119 e. The molecule has 2 heteroatoms. The van der Waals surface area contributed by atoms with Gasteiger partial charge in [-0.15, -0.1) is 0 Å². The van der Waals surface area contributed by atoms with Crippen LogP contribution in [0.3, 0.4) is 0 Å². The Morgan fingerprint density at radius 3 is 2.75 bits per heavy atom. The van der Waals surface area contributed by atoms with Crippen LogP contribution in [0.15, 0.2) is 18.2 Å². The fourth-order valence-corrected chi connectivity index (χ4v) is 2.01. The van der Waals surface area contributed by atoms with E-state index in [1.165, 1.54) is 24.1 Å². The Balaban J connectivity index is 2.03. The lowest BCUT2D eigenvalue weighted by Gasteiger charge is -2.17. The average Bonchev–Trinajstić information content (AvgIpc) is 3.06. The Morgan fingerprint density at radius 2 is 2.19 bits per heavy atom. The molecule has 0 bridgehead atoms. The molecule has 1 N–H and O–H groups in total. The number of rotatable bonds is 5. The van der Waals surface area contributed by atoms with Gasteiger partial charge in [0.05, 0.1) is 6.61 Å². The first kappa shape index (κ1) is 11.3. The van der Waals surface area contributed by atoms with E-state index in [2.05, 4.69) is 31.3 Å². The summed E-state index contributed by atoms with van der Waals surface area (Å²) in [4.78, 5) is 0. The molecule has 1 unspecified atom stereocenters. The molecular weight excluding hydrogens is 198 g/mol. The highest BCUT2D eigenvalue weighted by atomic mass is 16.5. The molecule has 0 heterocycles. The third-order valence-corrected chi connectivity index (χ3v) is 3.22. The van der Waals surface area contributed by atoms with Crippen LogP contribution in [0.5, 0.6) is 5.75 Å². The van der Waals surface area contributed by atoms with E-state index in [9.17, 15) is 0 Å². The van der Waals surface area contributed by atoms with Crippen molar-refractivity contribution in [2.75, 3.05) is 11.9 Å². The molecule has 1 aromatic rings. The molecule has 0 aromatic heterocycles. The second kappa shape index (κ2) is 4.77. The lowest BCUT2D eigenvalue weighted by atomic mass is 10.1. The van der Waals surface area contributed by atoms with Crippen LogP contribution in [0.2, 0.25) is 0 Å². The molecule has 1 fully saturated rings. The summed E-state index contributed by atoms with van der Waals surface area (Å²) in [6.45, 7) is 7.14. The Morgan fingerprint density at radius 1 is 1.44 bits per heavy atom. The highest BCUT2D eigenvalue weighted by Gasteiger charge is 2.27. The molecule has 88 valence electrons. The van der Waals surface area contributed by atoms with Crippen LogP contribution in [-0.4, -0.2) is 12.6 Å². The Bertz CT molecular complexity index is 358. The predicted molar refractivity (Wildman–Crippen MR) is 68.2 cm³/mol. The topological polar surface area (TPSA) is 21.3 Å². The number of benzene rings is 1. The summed E-state index contributed by atoms with van der Waals surface area (Å²) in [6, 6.07) is 6.86. The van der Waals surface area contributed by atoms with Gasteiger partial charge in [0.15, 0.2) is 0 Å². The van der Waals surface area contributed by atoms with Gasteiger partial charge in [0.1, 0.15) is 5.75 Å². The summed E-state index contributed by atoms with van der Waals surface area (Å²) in [5.41, 5.74) is 2.50. The normalized spacial score (nSPS) is 16.9. The standard InChI is InChI=1S/C14H21NO/c1-4-16-13-7-8-14(10(2)9-13)15-11(3)12-5-6-12/h7-9,11-12,15H,4-6H2,1-3H3. The number of ether oxygens (including phenoxy) is 1. The van der Waals surface area contributed by atoms with Gasteiger partial charge in [-0.05, 0) is 63.3 Å². The van der Waals surface area contributed by atoms with Crippen molar-refractivity contribution < 1.29 is 4.74 Å². The molecule has 1 aromatic carbocycles. The van der Waals surface area contributed by atoms with Crippen molar-refractivity contribution in [2.45, 2.75) is 39.7 Å². The first-order valence-electron chi connectivity index (χ1n) is 6.20. The van der Waals surface area contributed by atoms with E-state index in [1.54, 1.807) is 0 Å². The van der Waals surface area contributed by atoms with E-state index in [0.717, 1.165) is 18.3 Å². The van der Waals surface area contributed by atoms with E-state index < -0.39 is 0 Å². The molecular formula is C14H21NO. The Labute approximate surface area is 98.0 Å². The minimum atomic E-state index is 0.594. The van der Waals surface area contributed by atoms with Gasteiger partial charge in [-0.25, -0.2) is 0 Å². The van der Waals surface area contributed by atoms with Crippen molar-refractivity contribution in [3.05, 3.63) is 23.8 Å². The molecule has 0 aliphatic heterocycles. The molecule has 1 atom stereocenters. The van der Waals surface area contributed by atoms with Gasteiger partial charge in [0.25, 0.3) is 0 Å². The van der Waals surface area contributed by atoms with Crippen molar-refractivity contribution in [3.8, 4) is 5.75 Å². The number of nitrogens with one attached hydrogen (secondary N) is 1. The molecule has 0 radical (unpaired) electrons. The molecule has 1 aliphatic carbocycles. The van der Waals surface area contributed by atoms with Gasteiger partial charge < -0.3 is 10.1 Å². The van der Waals surface area contributed by atoms with Crippen LogP contribution in [0.4, 0.5) is 5.69 Å². The summed E-state index contributed by atoms with van der Waals surface area (Å²) in [6.07, 6.45) is 2.76. The number of hydrogen-bond acceptors (Lipinski definition) is 2. The molecule has 1 saturated carbocycles. The largest absolute Gasteiger partial charge is 0.494 e. The molecule has 2 rings (SSSR count). The van der Waals surface area contributed by atoms with Crippen LogP contribution in [0.25, 0.3) is 0 Å². The first-order valence-corrected chi connectivity index (χ1v) is 6.20. The van der Waals surface area contributed by atoms with Crippen molar-refractivity contribution in [2.24, 2.45) is 5.92 Å². The van der Waals surface area contributed by atoms with Gasteiger partial charge in [-0.3, -0.25) is 0 Å². The summed E-state index contributed by atoms with van der Waals surface area (Å²) in [5, 5.41) is 3.59. The zero-order chi connectivity index (χ0) is 11.5. The molecule has 2 nitrogen and oxygen atoms in total. The molecule has 0 saturated heterocycles. The van der Waals surface area contributed by atoms with E-state index in [1.807, 2.05) is 13.0 Å². The maximum atomic E-state index is 5.48. The number of anilines is 1. The number of hydrogen-bond donors (Lipinski definition) is 1. The van der Waals surface area contributed by atoms with Crippen LogP contribution in [0, 0.1) is 12.8 Å². The quantitative estimate of drug-likeness (QED) is 0.817. The van der Waals surface area contributed by atoms with Gasteiger partial charge in [0.2, 0.25) is 0 Å². The lowest BCUT2D eigenvalue weighted by molar-refractivity contribution is 0.340.